The van der Waals surface area contributed by atoms with E-state index in [-0.39, 0.29) is 18.2 Å². The molecule has 3 aromatic rings. The number of nitrogens with one attached hydrogen (secondary N) is 1. The standard InChI is InChI=1S/C17H16N4O3/c1-11-3-2-4-12(7-11)9-18-14-6-5-13(10-19-14)17-21-20-15(24-17)8-16(22)23/h2-7,10H,8-9H2,1H3,(H,18,19)(H,22,23). The molecule has 0 aliphatic carbocycles. The quantitative estimate of drug-likeness (QED) is 0.718. The number of aryl methyl sites for hydroxylation is 1. The van der Waals surface area contributed by atoms with Crippen LogP contribution < -0.4 is 5.32 Å². The lowest BCUT2D eigenvalue weighted by Gasteiger charge is -2.06. The molecule has 3 rings (SSSR count). The van der Waals surface area contributed by atoms with Gasteiger partial charge in [0.25, 0.3) is 0 Å². The van der Waals surface area contributed by atoms with E-state index in [1.807, 2.05) is 12.1 Å². The van der Waals surface area contributed by atoms with Crippen LogP contribution in [-0.2, 0) is 17.8 Å². The molecule has 2 N–H and O–H groups in total. The molecule has 7 nitrogen and oxygen atoms in total. The van der Waals surface area contributed by atoms with Crippen molar-refractivity contribution in [2.24, 2.45) is 0 Å². The summed E-state index contributed by atoms with van der Waals surface area (Å²) >= 11 is 0. The van der Waals surface area contributed by atoms with E-state index in [0.29, 0.717) is 12.1 Å². The van der Waals surface area contributed by atoms with Crippen LogP contribution in [0.5, 0.6) is 0 Å². The molecule has 2 aromatic heterocycles. The third-order valence-electron chi connectivity index (χ3n) is 3.34. The zero-order valence-corrected chi connectivity index (χ0v) is 13.1. The Hall–Kier alpha value is -3.22. The lowest BCUT2D eigenvalue weighted by atomic mass is 10.1. The maximum atomic E-state index is 10.6. The van der Waals surface area contributed by atoms with Gasteiger partial charge < -0.3 is 14.8 Å². The molecule has 0 spiro atoms. The SMILES string of the molecule is Cc1cccc(CNc2ccc(-c3nnc(CC(=O)O)o3)cn2)c1. The van der Waals surface area contributed by atoms with E-state index in [1.54, 1.807) is 12.3 Å². The van der Waals surface area contributed by atoms with Gasteiger partial charge in [-0.1, -0.05) is 29.8 Å². The van der Waals surface area contributed by atoms with E-state index in [1.165, 1.54) is 11.1 Å². The molecule has 0 saturated heterocycles. The average Bonchev–Trinajstić information content (AvgIpc) is 3.01. The Morgan fingerprint density at radius 1 is 1.25 bits per heavy atom. The van der Waals surface area contributed by atoms with Gasteiger partial charge in [-0.2, -0.15) is 0 Å². The Bertz CT molecular complexity index is 843. The lowest BCUT2D eigenvalue weighted by Crippen LogP contribution is -2.01. The summed E-state index contributed by atoms with van der Waals surface area (Å²) in [7, 11) is 0. The number of benzene rings is 1. The van der Waals surface area contributed by atoms with Crippen molar-refractivity contribution in [1.82, 2.24) is 15.2 Å². The summed E-state index contributed by atoms with van der Waals surface area (Å²) in [5.41, 5.74) is 3.03. The molecular weight excluding hydrogens is 308 g/mol. The maximum absolute atomic E-state index is 10.6. The van der Waals surface area contributed by atoms with Crippen molar-refractivity contribution in [1.29, 1.82) is 0 Å². The van der Waals surface area contributed by atoms with Crippen molar-refractivity contribution < 1.29 is 14.3 Å². The van der Waals surface area contributed by atoms with E-state index in [0.717, 1.165) is 5.82 Å². The first-order chi connectivity index (χ1) is 11.6. The zero-order chi connectivity index (χ0) is 16.9. The van der Waals surface area contributed by atoms with E-state index in [9.17, 15) is 4.79 Å². The topological polar surface area (TPSA) is 101 Å². The summed E-state index contributed by atoms with van der Waals surface area (Å²) < 4.78 is 5.30. The second kappa shape index (κ2) is 6.91. The van der Waals surface area contributed by atoms with Crippen LogP contribution in [0.1, 0.15) is 17.0 Å². The van der Waals surface area contributed by atoms with Crippen LogP contribution >= 0.6 is 0 Å². The Balaban J connectivity index is 1.64. The molecule has 0 saturated carbocycles. The number of carboxylic acids is 1. The molecule has 2 heterocycles. The third-order valence-corrected chi connectivity index (χ3v) is 3.34. The number of carboxylic acid groups (broad SMARTS) is 1. The monoisotopic (exact) mass is 324 g/mol. The molecule has 7 heteroatoms. The molecule has 0 bridgehead atoms. The van der Waals surface area contributed by atoms with Gasteiger partial charge in [0.2, 0.25) is 11.8 Å². The van der Waals surface area contributed by atoms with Gasteiger partial charge in [0.1, 0.15) is 12.2 Å². The number of hydrogen-bond donors (Lipinski definition) is 2. The number of carbonyl (C=O) groups is 1. The van der Waals surface area contributed by atoms with Crippen LogP contribution in [0.2, 0.25) is 0 Å². The number of aliphatic carboxylic acids is 1. The summed E-state index contributed by atoms with van der Waals surface area (Å²) in [4.78, 5) is 14.9. The fourth-order valence-electron chi connectivity index (χ4n) is 2.21. The van der Waals surface area contributed by atoms with E-state index in [2.05, 4.69) is 45.6 Å². The van der Waals surface area contributed by atoms with Crippen LogP contribution in [0.15, 0.2) is 47.0 Å². The lowest BCUT2D eigenvalue weighted by molar-refractivity contribution is -0.136. The third kappa shape index (κ3) is 3.95. The number of aromatic nitrogens is 3. The Morgan fingerprint density at radius 3 is 2.83 bits per heavy atom. The molecule has 0 fully saturated rings. The second-order valence-corrected chi connectivity index (χ2v) is 5.35. The first-order valence-electron chi connectivity index (χ1n) is 7.40. The number of anilines is 1. The van der Waals surface area contributed by atoms with Crippen molar-refractivity contribution in [3.8, 4) is 11.5 Å². The summed E-state index contributed by atoms with van der Waals surface area (Å²) in [6.07, 6.45) is 1.31. The van der Waals surface area contributed by atoms with E-state index < -0.39 is 5.97 Å². The summed E-state index contributed by atoms with van der Waals surface area (Å²) in [5, 5.41) is 19.5. The molecule has 1 aromatic carbocycles. The first kappa shape index (κ1) is 15.7. The fourth-order valence-corrected chi connectivity index (χ4v) is 2.21. The van der Waals surface area contributed by atoms with Crippen LogP contribution in [0.25, 0.3) is 11.5 Å². The van der Waals surface area contributed by atoms with Crippen molar-refractivity contribution >= 4 is 11.8 Å². The normalized spacial score (nSPS) is 10.5. The number of rotatable bonds is 6. The fraction of sp³-hybridized carbons (Fsp3) is 0.176. The van der Waals surface area contributed by atoms with Gasteiger partial charge in [0.15, 0.2) is 0 Å². The number of hydrogen-bond acceptors (Lipinski definition) is 6. The van der Waals surface area contributed by atoms with E-state index >= 15 is 0 Å². The molecule has 0 aliphatic heterocycles. The molecule has 122 valence electrons. The Kier molecular flexibility index (Phi) is 4.51. The minimum atomic E-state index is -1.01. The summed E-state index contributed by atoms with van der Waals surface area (Å²) in [5.74, 6) is 0.0349. The molecular formula is C17H16N4O3. The van der Waals surface area contributed by atoms with Gasteiger partial charge in [-0.15, -0.1) is 10.2 Å². The minimum Gasteiger partial charge on any atom is -0.481 e. The van der Waals surface area contributed by atoms with Gasteiger partial charge in [0.05, 0.1) is 5.56 Å². The Labute approximate surface area is 138 Å². The maximum Gasteiger partial charge on any atom is 0.312 e. The molecule has 0 aliphatic rings. The van der Waals surface area contributed by atoms with Crippen LogP contribution in [0.3, 0.4) is 0 Å². The molecule has 24 heavy (non-hydrogen) atoms. The Morgan fingerprint density at radius 2 is 2.12 bits per heavy atom. The van der Waals surface area contributed by atoms with Crippen molar-refractivity contribution in [3.05, 3.63) is 59.6 Å². The highest BCUT2D eigenvalue weighted by molar-refractivity contribution is 5.68. The van der Waals surface area contributed by atoms with E-state index in [4.69, 9.17) is 9.52 Å². The zero-order valence-electron chi connectivity index (χ0n) is 13.1. The average molecular weight is 324 g/mol. The smallest absolute Gasteiger partial charge is 0.312 e. The van der Waals surface area contributed by atoms with Gasteiger partial charge in [-0.3, -0.25) is 4.79 Å². The highest BCUT2D eigenvalue weighted by Gasteiger charge is 2.11. The van der Waals surface area contributed by atoms with Crippen molar-refractivity contribution in [2.45, 2.75) is 19.9 Å². The number of nitrogens with zero attached hydrogens (tertiary/aromatic N) is 3. The van der Waals surface area contributed by atoms with Crippen LogP contribution in [-0.4, -0.2) is 26.3 Å². The molecule has 0 radical (unpaired) electrons. The van der Waals surface area contributed by atoms with Gasteiger partial charge in [-0.25, -0.2) is 4.98 Å². The summed E-state index contributed by atoms with van der Waals surface area (Å²) in [6.45, 7) is 2.73. The van der Waals surface area contributed by atoms with Gasteiger partial charge in [0, 0.05) is 12.7 Å². The first-order valence-corrected chi connectivity index (χ1v) is 7.40. The molecule has 0 atom stereocenters. The predicted octanol–water partition coefficient (Wildman–Crippen LogP) is 2.68. The highest BCUT2D eigenvalue weighted by atomic mass is 16.4. The number of pyridine rings is 1. The predicted molar refractivity (Wildman–Crippen MR) is 87.4 cm³/mol. The minimum absolute atomic E-state index is 0.0687. The molecule has 0 amide bonds. The molecule has 0 unspecified atom stereocenters. The van der Waals surface area contributed by atoms with Crippen molar-refractivity contribution in [2.75, 3.05) is 5.32 Å². The van der Waals surface area contributed by atoms with Crippen LogP contribution in [0.4, 0.5) is 5.82 Å². The summed E-state index contributed by atoms with van der Waals surface area (Å²) in [6, 6.07) is 11.9. The van der Waals surface area contributed by atoms with Gasteiger partial charge >= 0.3 is 5.97 Å². The van der Waals surface area contributed by atoms with Crippen LogP contribution in [0, 0.1) is 6.92 Å². The van der Waals surface area contributed by atoms with Crippen molar-refractivity contribution in [3.63, 3.8) is 0 Å². The highest BCUT2D eigenvalue weighted by Crippen LogP contribution is 2.18. The van der Waals surface area contributed by atoms with Gasteiger partial charge in [-0.05, 0) is 24.6 Å². The largest absolute Gasteiger partial charge is 0.481 e. The second-order valence-electron chi connectivity index (χ2n) is 5.35.